The van der Waals surface area contributed by atoms with Crippen LogP contribution in [0, 0.1) is 5.82 Å². The van der Waals surface area contributed by atoms with Gasteiger partial charge in [-0.25, -0.2) is 9.18 Å². The zero-order valence-electron chi connectivity index (χ0n) is 9.77. The van der Waals surface area contributed by atoms with Gasteiger partial charge < -0.3 is 15.3 Å². The SMILES string of the molecule is [N-]=[N+]=NCCC(O)C(O)c1cc(F)ccc1C(=O)O. The van der Waals surface area contributed by atoms with E-state index in [1.807, 2.05) is 0 Å². The van der Waals surface area contributed by atoms with Crippen molar-refractivity contribution in [3.63, 3.8) is 0 Å². The summed E-state index contributed by atoms with van der Waals surface area (Å²) in [5, 5.41) is 31.6. The van der Waals surface area contributed by atoms with Gasteiger partial charge in [-0.15, -0.1) is 0 Å². The van der Waals surface area contributed by atoms with E-state index in [0.717, 1.165) is 18.2 Å². The van der Waals surface area contributed by atoms with Crippen molar-refractivity contribution in [3.8, 4) is 0 Å². The molecule has 3 N–H and O–H groups in total. The van der Waals surface area contributed by atoms with Crippen LogP contribution >= 0.6 is 0 Å². The summed E-state index contributed by atoms with van der Waals surface area (Å²) in [5.74, 6) is -2.06. The third kappa shape index (κ3) is 3.92. The van der Waals surface area contributed by atoms with Gasteiger partial charge in [-0.3, -0.25) is 0 Å². The normalized spacial score (nSPS) is 13.4. The second-order valence-electron chi connectivity index (χ2n) is 3.79. The van der Waals surface area contributed by atoms with Crippen LogP contribution in [0.15, 0.2) is 23.3 Å². The Morgan fingerprint density at radius 1 is 1.47 bits per heavy atom. The first-order chi connectivity index (χ1) is 8.97. The van der Waals surface area contributed by atoms with Crippen molar-refractivity contribution in [2.45, 2.75) is 18.6 Å². The van der Waals surface area contributed by atoms with Gasteiger partial charge in [-0.2, -0.15) is 0 Å². The van der Waals surface area contributed by atoms with Crippen molar-refractivity contribution in [2.75, 3.05) is 6.54 Å². The predicted molar refractivity (Wildman–Crippen MR) is 63.0 cm³/mol. The van der Waals surface area contributed by atoms with E-state index in [1.165, 1.54) is 0 Å². The third-order valence-corrected chi connectivity index (χ3v) is 2.52. The molecule has 0 fully saturated rings. The summed E-state index contributed by atoms with van der Waals surface area (Å²) < 4.78 is 13.1. The molecule has 0 saturated heterocycles. The quantitative estimate of drug-likeness (QED) is 0.412. The largest absolute Gasteiger partial charge is 0.478 e. The first-order valence-corrected chi connectivity index (χ1v) is 5.37. The van der Waals surface area contributed by atoms with Gasteiger partial charge in [0.25, 0.3) is 0 Å². The van der Waals surface area contributed by atoms with Gasteiger partial charge in [0.15, 0.2) is 0 Å². The lowest BCUT2D eigenvalue weighted by Gasteiger charge is -2.19. The Morgan fingerprint density at radius 3 is 2.74 bits per heavy atom. The van der Waals surface area contributed by atoms with Crippen LogP contribution in [0.25, 0.3) is 10.4 Å². The molecule has 0 aliphatic carbocycles. The lowest BCUT2D eigenvalue weighted by molar-refractivity contribution is 0.0139. The van der Waals surface area contributed by atoms with Crippen molar-refractivity contribution in [1.82, 2.24) is 0 Å². The maximum Gasteiger partial charge on any atom is 0.336 e. The van der Waals surface area contributed by atoms with Crippen molar-refractivity contribution in [3.05, 3.63) is 45.6 Å². The monoisotopic (exact) mass is 269 g/mol. The molecule has 0 bridgehead atoms. The van der Waals surface area contributed by atoms with Gasteiger partial charge in [0.1, 0.15) is 11.9 Å². The Balaban J connectivity index is 2.96. The number of hydrogen-bond acceptors (Lipinski definition) is 4. The van der Waals surface area contributed by atoms with E-state index in [4.69, 9.17) is 10.6 Å². The molecule has 0 amide bonds. The fraction of sp³-hybridized carbons (Fsp3) is 0.364. The average Bonchev–Trinajstić information content (AvgIpc) is 2.37. The van der Waals surface area contributed by atoms with E-state index in [0.29, 0.717) is 0 Å². The topological polar surface area (TPSA) is 127 Å². The Morgan fingerprint density at radius 2 is 2.16 bits per heavy atom. The molecular weight excluding hydrogens is 257 g/mol. The molecule has 0 saturated carbocycles. The average molecular weight is 269 g/mol. The van der Waals surface area contributed by atoms with E-state index in [1.54, 1.807) is 0 Å². The molecule has 102 valence electrons. The highest BCUT2D eigenvalue weighted by Crippen LogP contribution is 2.24. The molecule has 0 heterocycles. The number of carbonyl (C=O) groups is 1. The molecule has 19 heavy (non-hydrogen) atoms. The molecule has 0 spiro atoms. The summed E-state index contributed by atoms with van der Waals surface area (Å²) in [6.45, 7) is -0.0630. The number of azide groups is 1. The van der Waals surface area contributed by atoms with E-state index >= 15 is 0 Å². The van der Waals surface area contributed by atoms with Crippen LogP contribution in [0.4, 0.5) is 4.39 Å². The minimum absolute atomic E-state index is 0.0630. The summed E-state index contributed by atoms with van der Waals surface area (Å²) in [4.78, 5) is 13.4. The number of benzene rings is 1. The number of carboxylic acid groups (broad SMARTS) is 1. The van der Waals surface area contributed by atoms with Gasteiger partial charge in [0.2, 0.25) is 0 Å². The van der Waals surface area contributed by atoms with Crippen molar-refractivity contribution in [1.29, 1.82) is 0 Å². The molecule has 7 nitrogen and oxygen atoms in total. The Labute approximate surface area is 107 Å². The number of carboxylic acids is 1. The van der Waals surface area contributed by atoms with E-state index in [-0.39, 0.29) is 24.1 Å². The molecule has 0 aliphatic heterocycles. The molecule has 2 unspecified atom stereocenters. The number of halogens is 1. The standard InChI is InChI=1S/C11H12FN3O4/c12-6-1-2-7(11(18)19)8(5-6)10(17)9(16)3-4-14-15-13/h1-2,5,9-10,16-17H,3-4H2,(H,18,19). The number of aliphatic hydroxyl groups is 2. The molecule has 2 atom stereocenters. The van der Waals surface area contributed by atoms with E-state index in [9.17, 15) is 19.4 Å². The maximum atomic E-state index is 13.1. The van der Waals surface area contributed by atoms with Crippen LogP contribution in [0.3, 0.4) is 0 Å². The second kappa shape index (κ2) is 6.69. The maximum absolute atomic E-state index is 13.1. The molecule has 1 aromatic rings. The van der Waals surface area contributed by atoms with Gasteiger partial charge in [-0.05, 0) is 30.2 Å². The number of aromatic carboxylic acids is 1. The minimum Gasteiger partial charge on any atom is -0.478 e. The third-order valence-electron chi connectivity index (χ3n) is 2.52. The summed E-state index contributed by atoms with van der Waals surface area (Å²) >= 11 is 0. The predicted octanol–water partition coefficient (Wildman–Crippen LogP) is 1.62. The molecule has 1 aromatic carbocycles. The molecule has 0 aliphatic rings. The van der Waals surface area contributed by atoms with Gasteiger partial charge in [0.05, 0.1) is 11.7 Å². The Kier molecular flexibility index (Phi) is 5.25. The van der Waals surface area contributed by atoms with Crippen LogP contribution < -0.4 is 0 Å². The van der Waals surface area contributed by atoms with Gasteiger partial charge in [-0.1, -0.05) is 5.11 Å². The summed E-state index contributed by atoms with van der Waals surface area (Å²) in [6.07, 6.45) is -3.00. The molecule has 1 rings (SSSR count). The smallest absolute Gasteiger partial charge is 0.336 e. The van der Waals surface area contributed by atoms with Crippen LogP contribution in [-0.2, 0) is 0 Å². The number of hydrogen-bond donors (Lipinski definition) is 3. The second-order valence-corrected chi connectivity index (χ2v) is 3.79. The minimum atomic E-state index is -1.57. The highest BCUT2D eigenvalue weighted by Gasteiger charge is 2.23. The van der Waals surface area contributed by atoms with Gasteiger partial charge >= 0.3 is 5.97 Å². The summed E-state index contributed by atoms with van der Waals surface area (Å²) in [6, 6.07) is 2.81. The first-order valence-electron chi connectivity index (χ1n) is 5.37. The summed E-state index contributed by atoms with van der Waals surface area (Å²) in [5.41, 5.74) is 7.56. The molecule has 0 aromatic heterocycles. The van der Waals surface area contributed by atoms with E-state index < -0.39 is 24.0 Å². The fourth-order valence-corrected chi connectivity index (χ4v) is 1.57. The lowest BCUT2D eigenvalue weighted by atomic mass is 9.97. The van der Waals surface area contributed by atoms with Crippen LogP contribution in [0.2, 0.25) is 0 Å². The van der Waals surface area contributed by atoms with Gasteiger partial charge in [0, 0.05) is 17.0 Å². The fourth-order valence-electron chi connectivity index (χ4n) is 1.57. The van der Waals surface area contributed by atoms with Crippen LogP contribution in [0.5, 0.6) is 0 Å². The Hall–Kier alpha value is -2.15. The van der Waals surface area contributed by atoms with Crippen molar-refractivity contribution < 1.29 is 24.5 Å². The van der Waals surface area contributed by atoms with Crippen molar-refractivity contribution >= 4 is 5.97 Å². The van der Waals surface area contributed by atoms with Crippen LogP contribution in [-0.4, -0.2) is 33.9 Å². The first kappa shape index (κ1) is 14.9. The molecule has 8 heteroatoms. The number of rotatable bonds is 6. The number of nitrogens with zero attached hydrogens (tertiary/aromatic N) is 3. The zero-order valence-corrected chi connectivity index (χ0v) is 9.77. The number of aliphatic hydroxyl groups excluding tert-OH is 2. The van der Waals surface area contributed by atoms with Crippen molar-refractivity contribution in [2.24, 2.45) is 5.11 Å². The lowest BCUT2D eigenvalue weighted by Crippen LogP contribution is -2.21. The molecule has 0 radical (unpaired) electrons. The van der Waals surface area contributed by atoms with Crippen LogP contribution in [0.1, 0.15) is 28.4 Å². The van der Waals surface area contributed by atoms with E-state index in [2.05, 4.69) is 10.0 Å². The highest BCUT2D eigenvalue weighted by molar-refractivity contribution is 5.89. The summed E-state index contributed by atoms with van der Waals surface area (Å²) in [7, 11) is 0. The Bertz CT molecular complexity index is 517. The highest BCUT2D eigenvalue weighted by atomic mass is 19.1. The zero-order chi connectivity index (χ0) is 14.4. The molecular formula is C11H12FN3O4.